The molecule has 3 N–H and O–H groups in total. The molecule has 1 heterocycles. The molecule has 1 aromatic heterocycles. The van der Waals surface area contributed by atoms with Crippen LogP contribution < -0.4 is 20.7 Å². The van der Waals surface area contributed by atoms with Gasteiger partial charge in [0.2, 0.25) is 0 Å². The maximum Gasteiger partial charge on any atom is 0.162 e. The monoisotopic (exact) mass is 295 g/mol. The maximum absolute atomic E-state index is 5.64. The van der Waals surface area contributed by atoms with E-state index in [-0.39, 0.29) is 0 Å². The third-order valence-corrected chi connectivity index (χ3v) is 3.54. The second kappa shape index (κ2) is 5.91. The number of hydrazine groups is 1. The number of rotatable bonds is 4. The number of ether oxygens (including phenoxy) is 2. The summed E-state index contributed by atoms with van der Waals surface area (Å²) in [6.07, 6.45) is 0. The minimum Gasteiger partial charge on any atom is -0.493 e. The Kier molecular flexibility index (Phi) is 3.80. The average Bonchev–Trinajstić information content (AvgIpc) is 2.59. The summed E-state index contributed by atoms with van der Waals surface area (Å²) in [5.74, 6) is 7.56. The minimum absolute atomic E-state index is 0.617. The van der Waals surface area contributed by atoms with E-state index in [2.05, 4.69) is 10.4 Å². The number of benzene rings is 2. The SMILES string of the molecule is COc1cc2cc(-c3ccccc3)c(NN)nc2cc1OC. The molecule has 3 rings (SSSR count). The van der Waals surface area contributed by atoms with E-state index in [1.54, 1.807) is 14.2 Å². The van der Waals surface area contributed by atoms with Gasteiger partial charge in [-0.15, -0.1) is 0 Å². The summed E-state index contributed by atoms with van der Waals surface area (Å²) in [6.45, 7) is 0. The van der Waals surface area contributed by atoms with E-state index < -0.39 is 0 Å². The maximum atomic E-state index is 5.64. The molecule has 5 heteroatoms. The van der Waals surface area contributed by atoms with Crippen LogP contribution in [0.15, 0.2) is 48.5 Å². The van der Waals surface area contributed by atoms with Crippen molar-refractivity contribution < 1.29 is 9.47 Å². The van der Waals surface area contributed by atoms with Crippen LogP contribution >= 0.6 is 0 Å². The number of nitrogen functional groups attached to an aromatic ring is 1. The molecule has 0 aliphatic carbocycles. The van der Waals surface area contributed by atoms with Crippen molar-refractivity contribution in [1.82, 2.24) is 4.98 Å². The molecule has 22 heavy (non-hydrogen) atoms. The second-order valence-electron chi connectivity index (χ2n) is 4.79. The van der Waals surface area contributed by atoms with Crippen LogP contribution in [0.1, 0.15) is 0 Å². The van der Waals surface area contributed by atoms with E-state index in [0.717, 1.165) is 22.0 Å². The van der Waals surface area contributed by atoms with Crippen molar-refractivity contribution in [2.75, 3.05) is 19.6 Å². The van der Waals surface area contributed by atoms with Crippen LogP contribution in [0.25, 0.3) is 22.0 Å². The fraction of sp³-hybridized carbons (Fsp3) is 0.118. The number of fused-ring (bicyclic) bond motifs is 1. The van der Waals surface area contributed by atoms with Gasteiger partial charge in [-0.1, -0.05) is 30.3 Å². The van der Waals surface area contributed by atoms with Crippen LogP contribution in [0, 0.1) is 0 Å². The third kappa shape index (κ3) is 2.42. The highest BCUT2D eigenvalue weighted by Gasteiger charge is 2.12. The summed E-state index contributed by atoms with van der Waals surface area (Å²) >= 11 is 0. The average molecular weight is 295 g/mol. The molecule has 0 aliphatic rings. The van der Waals surface area contributed by atoms with E-state index in [4.69, 9.17) is 15.3 Å². The predicted octanol–water partition coefficient (Wildman–Crippen LogP) is 3.20. The van der Waals surface area contributed by atoms with Crippen molar-refractivity contribution in [1.29, 1.82) is 0 Å². The number of pyridine rings is 1. The van der Waals surface area contributed by atoms with Crippen molar-refractivity contribution in [3.05, 3.63) is 48.5 Å². The van der Waals surface area contributed by atoms with Gasteiger partial charge >= 0.3 is 0 Å². The quantitative estimate of drug-likeness (QED) is 0.571. The van der Waals surface area contributed by atoms with Gasteiger partial charge in [0.1, 0.15) is 5.82 Å². The molecule has 2 aromatic carbocycles. The van der Waals surface area contributed by atoms with Crippen molar-refractivity contribution >= 4 is 16.7 Å². The largest absolute Gasteiger partial charge is 0.493 e. The van der Waals surface area contributed by atoms with Crippen LogP contribution in [0.5, 0.6) is 11.5 Å². The Morgan fingerprint density at radius 2 is 1.64 bits per heavy atom. The molecule has 5 nitrogen and oxygen atoms in total. The first-order valence-electron chi connectivity index (χ1n) is 6.85. The van der Waals surface area contributed by atoms with Gasteiger partial charge in [0, 0.05) is 17.0 Å². The number of anilines is 1. The Hall–Kier alpha value is -2.79. The van der Waals surface area contributed by atoms with Crippen LogP contribution in [0.3, 0.4) is 0 Å². The molecular formula is C17H17N3O2. The summed E-state index contributed by atoms with van der Waals surface area (Å²) in [5, 5.41) is 0.954. The Morgan fingerprint density at radius 1 is 0.955 bits per heavy atom. The van der Waals surface area contributed by atoms with Crippen molar-refractivity contribution in [3.8, 4) is 22.6 Å². The van der Waals surface area contributed by atoms with Crippen LogP contribution in [-0.4, -0.2) is 19.2 Å². The number of methoxy groups -OCH3 is 2. The number of nitrogens with two attached hydrogens (primary N) is 1. The van der Waals surface area contributed by atoms with E-state index in [1.807, 2.05) is 48.5 Å². The van der Waals surface area contributed by atoms with Crippen LogP contribution in [-0.2, 0) is 0 Å². The van der Waals surface area contributed by atoms with Gasteiger partial charge in [0.05, 0.1) is 19.7 Å². The zero-order valence-corrected chi connectivity index (χ0v) is 12.5. The molecule has 0 fully saturated rings. The molecular weight excluding hydrogens is 278 g/mol. The molecule has 0 aliphatic heterocycles. The summed E-state index contributed by atoms with van der Waals surface area (Å²) in [7, 11) is 3.22. The fourth-order valence-electron chi connectivity index (χ4n) is 2.45. The van der Waals surface area contributed by atoms with Gasteiger partial charge in [0.25, 0.3) is 0 Å². The normalized spacial score (nSPS) is 10.5. The Bertz CT molecular complexity index is 804. The lowest BCUT2D eigenvalue weighted by atomic mass is 10.0. The molecule has 112 valence electrons. The predicted molar refractivity (Wildman–Crippen MR) is 88.1 cm³/mol. The van der Waals surface area contributed by atoms with Gasteiger partial charge in [0.15, 0.2) is 11.5 Å². The first kappa shape index (κ1) is 14.2. The number of aromatic nitrogens is 1. The molecule has 0 unspecified atom stereocenters. The first-order valence-corrected chi connectivity index (χ1v) is 6.85. The van der Waals surface area contributed by atoms with Crippen molar-refractivity contribution in [3.63, 3.8) is 0 Å². The van der Waals surface area contributed by atoms with E-state index >= 15 is 0 Å². The lowest BCUT2D eigenvalue weighted by Gasteiger charge is -2.13. The standard InChI is InChI=1S/C17H17N3O2/c1-21-15-9-12-8-13(11-6-4-3-5-7-11)17(20-18)19-14(12)10-16(15)22-2/h3-10H,18H2,1-2H3,(H,19,20). The smallest absolute Gasteiger partial charge is 0.162 e. The van der Waals surface area contributed by atoms with Crippen LogP contribution in [0.4, 0.5) is 5.82 Å². The minimum atomic E-state index is 0.617. The second-order valence-corrected chi connectivity index (χ2v) is 4.79. The topological polar surface area (TPSA) is 69.4 Å². The zero-order valence-electron chi connectivity index (χ0n) is 12.5. The lowest BCUT2D eigenvalue weighted by Crippen LogP contribution is -2.10. The molecule has 0 saturated carbocycles. The van der Waals surface area contributed by atoms with Crippen molar-refractivity contribution in [2.45, 2.75) is 0 Å². The number of nitrogens with zero attached hydrogens (tertiary/aromatic N) is 1. The van der Waals surface area contributed by atoms with Gasteiger partial charge in [-0.2, -0.15) is 0 Å². The Morgan fingerprint density at radius 3 is 2.27 bits per heavy atom. The van der Waals surface area contributed by atoms with Gasteiger partial charge in [-0.3, -0.25) is 0 Å². The lowest BCUT2D eigenvalue weighted by molar-refractivity contribution is 0.356. The summed E-state index contributed by atoms with van der Waals surface area (Å²) in [6, 6.07) is 15.8. The number of hydrogen-bond donors (Lipinski definition) is 2. The van der Waals surface area contributed by atoms with E-state index in [1.165, 1.54) is 0 Å². The summed E-state index contributed by atoms with van der Waals surface area (Å²) in [5.41, 5.74) is 5.43. The van der Waals surface area contributed by atoms with E-state index in [0.29, 0.717) is 17.3 Å². The number of hydrogen-bond acceptors (Lipinski definition) is 5. The molecule has 0 saturated heterocycles. The Balaban J connectivity index is 2.26. The summed E-state index contributed by atoms with van der Waals surface area (Å²) in [4.78, 5) is 4.58. The third-order valence-electron chi connectivity index (χ3n) is 3.54. The fourth-order valence-corrected chi connectivity index (χ4v) is 2.45. The van der Waals surface area contributed by atoms with Gasteiger partial charge in [-0.25, -0.2) is 10.8 Å². The van der Waals surface area contributed by atoms with E-state index in [9.17, 15) is 0 Å². The zero-order chi connectivity index (χ0) is 15.5. The molecule has 0 amide bonds. The highest BCUT2D eigenvalue weighted by molar-refractivity contribution is 5.91. The highest BCUT2D eigenvalue weighted by Crippen LogP contribution is 2.35. The Labute approximate surface area is 128 Å². The van der Waals surface area contributed by atoms with Crippen molar-refractivity contribution in [2.24, 2.45) is 5.84 Å². The molecule has 0 atom stereocenters. The van der Waals surface area contributed by atoms with Gasteiger partial charge in [-0.05, 0) is 17.7 Å². The first-order chi connectivity index (χ1) is 10.8. The molecule has 0 bridgehead atoms. The molecule has 0 radical (unpaired) electrons. The number of nitrogens with one attached hydrogen (secondary N) is 1. The molecule has 3 aromatic rings. The van der Waals surface area contributed by atoms with Gasteiger partial charge < -0.3 is 14.9 Å². The van der Waals surface area contributed by atoms with Crippen LogP contribution in [0.2, 0.25) is 0 Å². The highest BCUT2D eigenvalue weighted by atomic mass is 16.5. The molecule has 0 spiro atoms. The summed E-state index contributed by atoms with van der Waals surface area (Å²) < 4.78 is 10.7.